The summed E-state index contributed by atoms with van der Waals surface area (Å²) in [6.07, 6.45) is 0. The fourth-order valence-electron chi connectivity index (χ4n) is 2.15. The minimum absolute atomic E-state index is 0.980. The van der Waals surface area contributed by atoms with Crippen LogP contribution in [-0.2, 0) is 0 Å². The third kappa shape index (κ3) is 2.50. The molecule has 0 N–H and O–H groups in total. The Labute approximate surface area is 104 Å². The quantitative estimate of drug-likeness (QED) is 0.745. The molecule has 0 aliphatic heterocycles. The van der Waals surface area contributed by atoms with Crippen LogP contribution < -0.4 is 4.90 Å². The van der Waals surface area contributed by atoms with Crippen molar-refractivity contribution in [1.82, 2.24) is 0 Å². The van der Waals surface area contributed by atoms with Crippen LogP contribution in [0.4, 0.5) is 11.4 Å². The first kappa shape index (κ1) is 11.7. The van der Waals surface area contributed by atoms with E-state index in [4.69, 9.17) is 0 Å². The maximum Gasteiger partial charge on any atom is 0.0440 e. The maximum absolute atomic E-state index is 2.35. The molecule has 1 heteroatoms. The second-order valence-electron chi connectivity index (χ2n) is 4.37. The Morgan fingerprint density at radius 1 is 0.941 bits per heavy atom. The minimum Gasteiger partial charge on any atom is -0.342 e. The van der Waals surface area contributed by atoms with Crippen LogP contribution >= 0.6 is 0 Å². The first-order chi connectivity index (χ1) is 8.22. The van der Waals surface area contributed by atoms with Crippen molar-refractivity contribution in [1.29, 1.82) is 0 Å². The van der Waals surface area contributed by atoms with Gasteiger partial charge in [0.25, 0.3) is 0 Å². The lowest BCUT2D eigenvalue weighted by Crippen LogP contribution is -2.16. The summed E-state index contributed by atoms with van der Waals surface area (Å²) in [6.45, 7) is 7.46. The molecule has 0 fully saturated rings. The third-order valence-electron chi connectivity index (χ3n) is 3.04. The highest BCUT2D eigenvalue weighted by molar-refractivity contribution is 5.66. The zero-order valence-electron chi connectivity index (χ0n) is 10.8. The number of benzene rings is 2. The monoisotopic (exact) mass is 225 g/mol. The van der Waals surface area contributed by atoms with Crippen LogP contribution in [0.25, 0.3) is 0 Å². The molecule has 0 spiro atoms. The Morgan fingerprint density at radius 2 is 1.71 bits per heavy atom. The number of rotatable bonds is 3. The molecule has 88 valence electrons. The van der Waals surface area contributed by atoms with E-state index in [0.29, 0.717) is 0 Å². The van der Waals surface area contributed by atoms with Gasteiger partial charge in [0.2, 0.25) is 0 Å². The van der Waals surface area contributed by atoms with E-state index in [1.165, 1.54) is 22.5 Å². The molecule has 0 aliphatic carbocycles. The Kier molecular flexibility index (Phi) is 3.48. The lowest BCUT2D eigenvalue weighted by molar-refractivity contribution is 1.01. The van der Waals surface area contributed by atoms with Crippen molar-refractivity contribution in [3.05, 3.63) is 59.7 Å². The van der Waals surface area contributed by atoms with Gasteiger partial charge in [-0.15, -0.1) is 0 Å². The highest BCUT2D eigenvalue weighted by Crippen LogP contribution is 2.28. The lowest BCUT2D eigenvalue weighted by Gasteiger charge is -2.25. The summed E-state index contributed by atoms with van der Waals surface area (Å²) in [7, 11) is 0. The minimum atomic E-state index is 0.980. The van der Waals surface area contributed by atoms with Gasteiger partial charge in [0.15, 0.2) is 0 Å². The van der Waals surface area contributed by atoms with E-state index in [2.05, 4.69) is 74.2 Å². The standard InChI is InChI=1S/C16H19N/c1-4-17(15-10-7-8-13(2)12-15)16-11-6-5-9-14(16)3/h5-12H,4H2,1-3H3. The number of aryl methyl sites for hydroxylation is 2. The van der Waals surface area contributed by atoms with Gasteiger partial charge in [-0.05, 0) is 50.1 Å². The van der Waals surface area contributed by atoms with Gasteiger partial charge in [0.1, 0.15) is 0 Å². The van der Waals surface area contributed by atoms with Crippen LogP contribution in [0.1, 0.15) is 18.1 Å². The Hall–Kier alpha value is -1.76. The lowest BCUT2D eigenvalue weighted by atomic mass is 10.1. The molecule has 0 radical (unpaired) electrons. The molecular formula is C16H19N. The molecule has 17 heavy (non-hydrogen) atoms. The van der Waals surface area contributed by atoms with E-state index in [9.17, 15) is 0 Å². The number of hydrogen-bond acceptors (Lipinski definition) is 1. The van der Waals surface area contributed by atoms with Gasteiger partial charge in [-0.2, -0.15) is 0 Å². The van der Waals surface area contributed by atoms with Gasteiger partial charge in [-0.1, -0.05) is 30.3 Å². The summed E-state index contributed by atoms with van der Waals surface area (Å²) >= 11 is 0. The fraction of sp³-hybridized carbons (Fsp3) is 0.250. The van der Waals surface area contributed by atoms with Crippen LogP contribution in [0.15, 0.2) is 48.5 Å². The molecule has 0 heterocycles. The van der Waals surface area contributed by atoms with E-state index in [-0.39, 0.29) is 0 Å². The van der Waals surface area contributed by atoms with Crippen molar-refractivity contribution in [3.63, 3.8) is 0 Å². The molecule has 2 aromatic rings. The van der Waals surface area contributed by atoms with Crippen molar-refractivity contribution in [2.45, 2.75) is 20.8 Å². The van der Waals surface area contributed by atoms with Gasteiger partial charge in [0.05, 0.1) is 0 Å². The third-order valence-corrected chi connectivity index (χ3v) is 3.04. The highest BCUT2D eigenvalue weighted by atomic mass is 15.1. The van der Waals surface area contributed by atoms with Crippen molar-refractivity contribution in [3.8, 4) is 0 Å². The molecule has 0 bridgehead atoms. The number of hydrogen-bond donors (Lipinski definition) is 0. The molecule has 1 nitrogen and oxygen atoms in total. The maximum atomic E-state index is 2.35. The first-order valence-corrected chi connectivity index (χ1v) is 6.12. The van der Waals surface area contributed by atoms with E-state index in [0.717, 1.165) is 6.54 Å². The van der Waals surface area contributed by atoms with Crippen molar-refractivity contribution >= 4 is 11.4 Å². The summed E-state index contributed by atoms with van der Waals surface area (Å²) in [6, 6.07) is 17.2. The van der Waals surface area contributed by atoms with Crippen LogP contribution in [0, 0.1) is 13.8 Å². The topological polar surface area (TPSA) is 3.24 Å². The molecule has 0 atom stereocenters. The summed E-state index contributed by atoms with van der Waals surface area (Å²) in [4.78, 5) is 2.35. The average molecular weight is 225 g/mol. The Morgan fingerprint density at radius 3 is 2.35 bits per heavy atom. The number of anilines is 2. The van der Waals surface area contributed by atoms with E-state index < -0.39 is 0 Å². The Bertz CT molecular complexity index is 502. The predicted molar refractivity (Wildman–Crippen MR) is 75.0 cm³/mol. The molecular weight excluding hydrogens is 206 g/mol. The van der Waals surface area contributed by atoms with E-state index in [1.54, 1.807) is 0 Å². The molecule has 0 unspecified atom stereocenters. The summed E-state index contributed by atoms with van der Waals surface area (Å²) < 4.78 is 0. The second kappa shape index (κ2) is 5.05. The van der Waals surface area contributed by atoms with Gasteiger partial charge in [-0.3, -0.25) is 0 Å². The van der Waals surface area contributed by atoms with Gasteiger partial charge >= 0.3 is 0 Å². The second-order valence-corrected chi connectivity index (χ2v) is 4.37. The van der Waals surface area contributed by atoms with Gasteiger partial charge in [-0.25, -0.2) is 0 Å². The number of para-hydroxylation sites is 1. The average Bonchev–Trinajstić information content (AvgIpc) is 2.33. The SMILES string of the molecule is CCN(c1cccc(C)c1)c1ccccc1C. The normalized spacial score (nSPS) is 10.3. The molecule has 2 rings (SSSR count). The predicted octanol–water partition coefficient (Wildman–Crippen LogP) is 4.46. The van der Waals surface area contributed by atoms with Crippen LogP contribution in [-0.4, -0.2) is 6.54 Å². The van der Waals surface area contributed by atoms with Crippen molar-refractivity contribution in [2.24, 2.45) is 0 Å². The van der Waals surface area contributed by atoms with Crippen LogP contribution in [0.5, 0.6) is 0 Å². The summed E-state index contributed by atoms with van der Waals surface area (Å²) in [5.74, 6) is 0. The molecule has 0 saturated carbocycles. The zero-order valence-corrected chi connectivity index (χ0v) is 10.8. The number of nitrogens with zero attached hydrogens (tertiary/aromatic N) is 1. The van der Waals surface area contributed by atoms with Gasteiger partial charge < -0.3 is 4.90 Å². The molecule has 2 aromatic carbocycles. The fourth-order valence-corrected chi connectivity index (χ4v) is 2.15. The smallest absolute Gasteiger partial charge is 0.0440 e. The molecule has 0 aromatic heterocycles. The van der Waals surface area contributed by atoms with Crippen molar-refractivity contribution in [2.75, 3.05) is 11.4 Å². The summed E-state index contributed by atoms with van der Waals surface area (Å²) in [5.41, 5.74) is 5.17. The molecule has 0 aliphatic rings. The van der Waals surface area contributed by atoms with Gasteiger partial charge in [0, 0.05) is 17.9 Å². The first-order valence-electron chi connectivity index (χ1n) is 6.12. The van der Waals surface area contributed by atoms with E-state index in [1.807, 2.05) is 0 Å². The summed E-state index contributed by atoms with van der Waals surface area (Å²) in [5, 5.41) is 0. The molecule has 0 amide bonds. The largest absolute Gasteiger partial charge is 0.342 e. The zero-order chi connectivity index (χ0) is 12.3. The van der Waals surface area contributed by atoms with E-state index >= 15 is 0 Å². The van der Waals surface area contributed by atoms with Crippen LogP contribution in [0.2, 0.25) is 0 Å². The molecule has 0 saturated heterocycles. The van der Waals surface area contributed by atoms with Crippen LogP contribution in [0.3, 0.4) is 0 Å². The Balaban J connectivity index is 2.44. The van der Waals surface area contributed by atoms with Crippen molar-refractivity contribution < 1.29 is 0 Å². The highest BCUT2D eigenvalue weighted by Gasteiger charge is 2.08.